The molecule has 0 saturated carbocycles. The van der Waals surface area contributed by atoms with E-state index in [1.165, 1.54) is 11.9 Å². The number of hydrogen-bond acceptors (Lipinski definition) is 1. The van der Waals surface area contributed by atoms with Crippen LogP contribution in [0.4, 0.5) is 0 Å². The molecule has 1 aromatic rings. The molecular formula is C5H7BS. The Morgan fingerprint density at radius 2 is 2.57 bits per heavy atom. The van der Waals surface area contributed by atoms with E-state index in [1.54, 1.807) is 11.3 Å². The molecule has 7 heavy (non-hydrogen) atoms. The van der Waals surface area contributed by atoms with Crippen LogP contribution < -0.4 is 0 Å². The van der Waals surface area contributed by atoms with E-state index in [1.807, 2.05) is 0 Å². The molecule has 1 heterocycles. The van der Waals surface area contributed by atoms with Crippen molar-refractivity contribution in [3.63, 3.8) is 0 Å². The Kier molecular flexibility index (Phi) is 1.52. The number of hydrogen-bond donors (Lipinski definition) is 0. The first kappa shape index (κ1) is 4.91. The zero-order valence-corrected chi connectivity index (χ0v) is 5.16. The van der Waals surface area contributed by atoms with Gasteiger partial charge < -0.3 is 0 Å². The van der Waals surface area contributed by atoms with Gasteiger partial charge >= 0.3 is 0 Å². The van der Waals surface area contributed by atoms with E-state index in [-0.39, 0.29) is 0 Å². The molecule has 0 radical (unpaired) electrons. The third kappa shape index (κ3) is 1.06. The van der Waals surface area contributed by atoms with Crippen molar-refractivity contribution in [1.29, 1.82) is 0 Å². The highest BCUT2D eigenvalue weighted by Gasteiger charge is 1.82. The second-order valence-corrected chi connectivity index (χ2v) is 2.27. The summed E-state index contributed by atoms with van der Waals surface area (Å²) in [6, 6.07) is 2.16. The molecule has 0 saturated heterocycles. The van der Waals surface area contributed by atoms with Gasteiger partial charge in [0.1, 0.15) is 7.85 Å². The molecule has 1 aromatic heterocycles. The van der Waals surface area contributed by atoms with Gasteiger partial charge in [-0.25, -0.2) is 0 Å². The molecule has 0 unspecified atom stereocenters. The first-order chi connectivity index (χ1) is 3.43. The minimum atomic E-state index is 1.17. The van der Waals surface area contributed by atoms with Gasteiger partial charge in [-0.15, -0.1) is 0 Å². The summed E-state index contributed by atoms with van der Waals surface area (Å²) in [6.45, 7) is 0. The molecule has 0 N–H and O–H groups in total. The molecule has 0 atom stereocenters. The van der Waals surface area contributed by atoms with Crippen LogP contribution in [0.25, 0.3) is 0 Å². The third-order valence-electron chi connectivity index (χ3n) is 0.988. The Labute approximate surface area is 48.6 Å². The summed E-state index contributed by atoms with van der Waals surface area (Å²) < 4.78 is 0. The van der Waals surface area contributed by atoms with Gasteiger partial charge in [0.15, 0.2) is 0 Å². The average Bonchev–Trinajstić information content (AvgIpc) is 2.14. The van der Waals surface area contributed by atoms with Gasteiger partial charge in [0.05, 0.1) is 0 Å². The van der Waals surface area contributed by atoms with E-state index in [0.717, 1.165) is 0 Å². The molecule has 1 rings (SSSR count). The number of rotatable bonds is 1. The largest absolute Gasteiger partial charge is 0.152 e. The molecule has 2 heteroatoms. The highest BCUT2D eigenvalue weighted by molar-refractivity contribution is 7.08. The smallest absolute Gasteiger partial charge is 0.107 e. The van der Waals surface area contributed by atoms with E-state index >= 15 is 0 Å². The standard InChI is InChI=1S/C5H7BS/c6-3-5-1-2-7-4-5/h1-2,4H,3,6H2. The molecule has 0 aliphatic rings. The number of thiophene rings is 1. The van der Waals surface area contributed by atoms with Gasteiger partial charge in [-0.05, 0) is 22.4 Å². The summed E-state index contributed by atoms with van der Waals surface area (Å²) in [5.74, 6) is 0. The Morgan fingerprint density at radius 3 is 2.86 bits per heavy atom. The second kappa shape index (κ2) is 2.17. The monoisotopic (exact) mass is 110 g/mol. The molecule has 0 spiro atoms. The fourth-order valence-electron chi connectivity index (χ4n) is 0.494. The average molecular weight is 110 g/mol. The molecule has 0 nitrogen and oxygen atoms in total. The Balaban J connectivity index is 2.76. The van der Waals surface area contributed by atoms with Crippen molar-refractivity contribution < 1.29 is 0 Å². The van der Waals surface area contributed by atoms with Crippen molar-refractivity contribution in [3.8, 4) is 0 Å². The maximum atomic E-state index is 2.18. The van der Waals surface area contributed by atoms with Crippen molar-refractivity contribution in [3.05, 3.63) is 22.4 Å². The van der Waals surface area contributed by atoms with Crippen molar-refractivity contribution in [1.82, 2.24) is 0 Å². The maximum absolute atomic E-state index is 2.18. The molecular weight excluding hydrogens is 103 g/mol. The molecule has 0 fully saturated rings. The van der Waals surface area contributed by atoms with Crippen LogP contribution in [0.3, 0.4) is 0 Å². The third-order valence-corrected chi connectivity index (χ3v) is 1.72. The highest BCUT2D eigenvalue weighted by Crippen LogP contribution is 2.03. The second-order valence-electron chi connectivity index (χ2n) is 1.49. The van der Waals surface area contributed by atoms with Crippen LogP contribution in [0.15, 0.2) is 16.8 Å². The first-order valence-electron chi connectivity index (χ1n) is 2.44. The van der Waals surface area contributed by atoms with E-state index < -0.39 is 0 Å². The van der Waals surface area contributed by atoms with Crippen LogP contribution in [0, 0.1) is 0 Å². The molecule has 0 aromatic carbocycles. The van der Waals surface area contributed by atoms with Gasteiger partial charge in [0, 0.05) is 0 Å². The van der Waals surface area contributed by atoms with Crippen LogP contribution in [0.5, 0.6) is 0 Å². The predicted molar refractivity (Wildman–Crippen MR) is 36.6 cm³/mol. The minimum absolute atomic E-state index is 1.17. The highest BCUT2D eigenvalue weighted by atomic mass is 32.1. The Bertz CT molecular complexity index is 123. The molecule has 0 aliphatic heterocycles. The minimum Gasteiger partial charge on any atom is -0.152 e. The lowest BCUT2D eigenvalue weighted by Gasteiger charge is -1.78. The Hall–Kier alpha value is -0.235. The lowest BCUT2D eigenvalue weighted by atomic mass is 10.0. The van der Waals surface area contributed by atoms with E-state index in [9.17, 15) is 0 Å². The first-order valence-corrected chi connectivity index (χ1v) is 3.39. The molecule has 0 bridgehead atoms. The lowest BCUT2D eigenvalue weighted by molar-refractivity contribution is 1.46. The van der Waals surface area contributed by atoms with Crippen molar-refractivity contribution >= 4 is 19.2 Å². The van der Waals surface area contributed by atoms with Crippen molar-refractivity contribution in [2.24, 2.45) is 0 Å². The van der Waals surface area contributed by atoms with Crippen molar-refractivity contribution in [2.75, 3.05) is 0 Å². The SMILES string of the molecule is BCc1ccsc1. The maximum Gasteiger partial charge on any atom is 0.107 e. The fraction of sp³-hybridized carbons (Fsp3) is 0.200. The zero-order chi connectivity index (χ0) is 5.11. The molecule has 36 valence electrons. The van der Waals surface area contributed by atoms with Crippen LogP contribution >= 0.6 is 11.3 Å². The zero-order valence-electron chi connectivity index (χ0n) is 4.35. The quantitative estimate of drug-likeness (QED) is 0.470. The van der Waals surface area contributed by atoms with E-state index in [4.69, 9.17) is 0 Å². The topological polar surface area (TPSA) is 0 Å². The van der Waals surface area contributed by atoms with Gasteiger partial charge in [-0.3, -0.25) is 0 Å². The summed E-state index contributed by atoms with van der Waals surface area (Å²) in [7, 11) is 2.17. The van der Waals surface area contributed by atoms with Crippen LogP contribution in [-0.2, 0) is 6.32 Å². The summed E-state index contributed by atoms with van der Waals surface area (Å²) >= 11 is 1.76. The summed E-state index contributed by atoms with van der Waals surface area (Å²) in [5, 5.41) is 4.29. The van der Waals surface area contributed by atoms with Crippen molar-refractivity contribution in [2.45, 2.75) is 6.32 Å². The lowest BCUT2D eigenvalue weighted by Crippen LogP contribution is -1.73. The Morgan fingerprint density at radius 1 is 1.71 bits per heavy atom. The summed E-state index contributed by atoms with van der Waals surface area (Å²) in [4.78, 5) is 0. The summed E-state index contributed by atoms with van der Waals surface area (Å²) in [6.07, 6.45) is 1.17. The fourth-order valence-corrected chi connectivity index (χ4v) is 1.25. The van der Waals surface area contributed by atoms with Crippen LogP contribution in [0.2, 0.25) is 0 Å². The van der Waals surface area contributed by atoms with Crippen LogP contribution in [0.1, 0.15) is 5.56 Å². The summed E-state index contributed by atoms with van der Waals surface area (Å²) in [5.41, 5.74) is 1.45. The van der Waals surface area contributed by atoms with E-state index in [2.05, 4.69) is 24.7 Å². The van der Waals surface area contributed by atoms with Gasteiger partial charge in [-0.2, -0.15) is 11.3 Å². The van der Waals surface area contributed by atoms with Gasteiger partial charge in [0.2, 0.25) is 0 Å². The normalized spacial score (nSPS) is 9.14. The predicted octanol–water partition coefficient (Wildman–Crippen LogP) is 0.881. The molecule has 0 aliphatic carbocycles. The van der Waals surface area contributed by atoms with Crippen LogP contribution in [-0.4, -0.2) is 7.85 Å². The van der Waals surface area contributed by atoms with Gasteiger partial charge in [-0.1, -0.05) is 6.32 Å². The van der Waals surface area contributed by atoms with E-state index in [0.29, 0.717) is 0 Å². The molecule has 0 amide bonds. The van der Waals surface area contributed by atoms with Gasteiger partial charge in [0.25, 0.3) is 0 Å².